The van der Waals surface area contributed by atoms with E-state index in [4.69, 9.17) is 5.73 Å². The minimum atomic E-state index is -0.678. The molecule has 3 rings (SSSR count). The van der Waals surface area contributed by atoms with Crippen molar-refractivity contribution in [1.29, 1.82) is 0 Å². The zero-order chi connectivity index (χ0) is 29.4. The molecule has 0 spiro atoms. The highest BCUT2D eigenvalue weighted by Crippen LogP contribution is 2.31. The number of amides is 4. The van der Waals surface area contributed by atoms with Crippen molar-refractivity contribution >= 4 is 29.4 Å². The van der Waals surface area contributed by atoms with Gasteiger partial charge in [-0.1, -0.05) is 36.9 Å². The number of quaternary nitrogens is 1. The second kappa shape index (κ2) is 13.2. The Labute approximate surface area is 236 Å². The Morgan fingerprint density at radius 1 is 1.15 bits per heavy atom. The molecule has 0 saturated heterocycles. The summed E-state index contributed by atoms with van der Waals surface area (Å²) in [5, 5.41) is 7.86. The highest BCUT2D eigenvalue weighted by molar-refractivity contribution is 6.10. The Morgan fingerprint density at radius 2 is 1.80 bits per heavy atom. The number of nitrogens with zero attached hydrogens (tertiary/aromatic N) is 3. The van der Waals surface area contributed by atoms with E-state index in [9.17, 15) is 14.4 Å². The summed E-state index contributed by atoms with van der Waals surface area (Å²) in [4.78, 5) is 46.1. The van der Waals surface area contributed by atoms with Crippen molar-refractivity contribution in [3.8, 4) is 0 Å². The van der Waals surface area contributed by atoms with Gasteiger partial charge >= 0.3 is 6.03 Å². The molecule has 0 fully saturated rings. The van der Waals surface area contributed by atoms with Crippen LogP contribution in [0.4, 0.5) is 10.5 Å². The van der Waals surface area contributed by atoms with E-state index in [1.165, 1.54) is 6.08 Å². The molecular weight excluding hydrogens is 506 g/mol. The number of aliphatic imine (C=N–C) groups is 1. The van der Waals surface area contributed by atoms with E-state index in [-0.39, 0.29) is 30.4 Å². The number of rotatable bonds is 10. The van der Waals surface area contributed by atoms with E-state index in [1.54, 1.807) is 29.2 Å². The minimum Gasteiger partial charge on any atom is -0.383 e. The summed E-state index contributed by atoms with van der Waals surface area (Å²) >= 11 is 0. The van der Waals surface area contributed by atoms with Crippen LogP contribution in [0.15, 0.2) is 83.5 Å². The van der Waals surface area contributed by atoms with Gasteiger partial charge in [-0.05, 0) is 70.8 Å². The Hall–Kier alpha value is -4.28. The number of nitrogens with one attached hydrogen (secondary N) is 2. The molecule has 40 heavy (non-hydrogen) atoms. The van der Waals surface area contributed by atoms with Crippen molar-refractivity contribution in [1.82, 2.24) is 15.1 Å². The third kappa shape index (κ3) is 7.22. The molecule has 2 aromatic carbocycles. The van der Waals surface area contributed by atoms with Crippen LogP contribution >= 0.6 is 0 Å². The van der Waals surface area contributed by atoms with Gasteiger partial charge in [-0.3, -0.25) is 9.59 Å². The lowest BCUT2D eigenvalue weighted by Crippen LogP contribution is -2.85. The molecule has 0 aliphatic carbocycles. The van der Waals surface area contributed by atoms with Gasteiger partial charge in [0.1, 0.15) is 17.1 Å². The summed E-state index contributed by atoms with van der Waals surface area (Å²) in [6.45, 7) is 10.9. The second-order valence-corrected chi connectivity index (χ2v) is 10.4. The van der Waals surface area contributed by atoms with E-state index in [2.05, 4.69) is 22.2 Å². The molecule has 0 unspecified atom stereocenters. The number of benzene rings is 2. The van der Waals surface area contributed by atoms with Crippen LogP contribution in [0.3, 0.4) is 0 Å². The normalized spacial score (nSPS) is 15.7. The van der Waals surface area contributed by atoms with Crippen molar-refractivity contribution in [2.75, 3.05) is 39.0 Å². The molecular formula is C30H40N7O3+. The van der Waals surface area contributed by atoms with E-state index in [0.717, 1.165) is 17.8 Å². The number of anilines is 1. The maximum Gasteiger partial charge on any atom is 0.319 e. The Kier molecular flexibility index (Phi) is 9.98. The highest BCUT2D eigenvalue weighted by Gasteiger charge is 2.46. The van der Waals surface area contributed by atoms with Crippen molar-refractivity contribution in [3.63, 3.8) is 0 Å². The maximum atomic E-state index is 13.7. The number of hydrogen-bond acceptors (Lipinski definition) is 4. The van der Waals surface area contributed by atoms with Crippen LogP contribution in [0, 0.1) is 0 Å². The average molecular weight is 547 g/mol. The van der Waals surface area contributed by atoms with Gasteiger partial charge in [-0.2, -0.15) is 4.99 Å². The lowest BCUT2D eigenvalue weighted by atomic mass is 9.99. The van der Waals surface area contributed by atoms with Gasteiger partial charge in [-0.15, -0.1) is 0 Å². The molecule has 0 aromatic heterocycles. The SMILES string of the molecule is C=CC(=O)Nc1ccc(C(=O)N=C(N)C2=C([NH2+]CC)C(C)(C)N(C(=O)N[C@H](CN(C)C)c3ccccc3)C2)cc1. The lowest BCUT2D eigenvalue weighted by molar-refractivity contribution is -0.610. The highest BCUT2D eigenvalue weighted by atomic mass is 16.2. The molecule has 6 N–H and O–H groups in total. The first-order chi connectivity index (χ1) is 19.0. The Balaban J connectivity index is 1.84. The molecule has 1 aliphatic heterocycles. The van der Waals surface area contributed by atoms with Gasteiger partial charge in [0.2, 0.25) is 5.91 Å². The zero-order valence-electron chi connectivity index (χ0n) is 23.9. The smallest absolute Gasteiger partial charge is 0.319 e. The van der Waals surface area contributed by atoms with Crippen LogP contribution in [-0.4, -0.2) is 72.7 Å². The van der Waals surface area contributed by atoms with Gasteiger partial charge in [-0.25, -0.2) is 4.79 Å². The molecule has 1 heterocycles. The number of amidine groups is 1. The predicted molar refractivity (Wildman–Crippen MR) is 158 cm³/mol. The fourth-order valence-corrected chi connectivity index (χ4v) is 4.72. The fourth-order valence-electron chi connectivity index (χ4n) is 4.72. The van der Waals surface area contributed by atoms with Crippen molar-refractivity contribution < 1.29 is 19.7 Å². The van der Waals surface area contributed by atoms with Crippen molar-refractivity contribution in [2.45, 2.75) is 32.4 Å². The number of carbonyl (C=O) groups is 3. The maximum absolute atomic E-state index is 13.7. The molecule has 4 amide bonds. The van der Waals surface area contributed by atoms with Crippen LogP contribution in [-0.2, 0) is 4.79 Å². The lowest BCUT2D eigenvalue weighted by Gasteiger charge is -2.34. The molecule has 2 aromatic rings. The van der Waals surface area contributed by atoms with E-state index >= 15 is 0 Å². The first kappa shape index (κ1) is 30.3. The first-order valence-electron chi connectivity index (χ1n) is 13.2. The predicted octanol–water partition coefficient (Wildman–Crippen LogP) is 2.25. The minimum absolute atomic E-state index is 0.0741. The van der Waals surface area contributed by atoms with Crippen molar-refractivity contribution in [2.24, 2.45) is 10.7 Å². The summed E-state index contributed by atoms with van der Waals surface area (Å²) < 4.78 is 0. The molecule has 1 aliphatic rings. The molecule has 0 bridgehead atoms. The third-order valence-electron chi connectivity index (χ3n) is 6.79. The summed E-state index contributed by atoms with van der Waals surface area (Å²) in [6, 6.07) is 15.8. The topological polar surface area (TPSA) is 137 Å². The molecule has 212 valence electrons. The summed E-state index contributed by atoms with van der Waals surface area (Å²) in [7, 11) is 3.93. The van der Waals surface area contributed by atoms with Crippen LogP contribution in [0.25, 0.3) is 0 Å². The van der Waals surface area contributed by atoms with Gasteiger partial charge in [0.15, 0.2) is 0 Å². The summed E-state index contributed by atoms with van der Waals surface area (Å²) in [6.07, 6.45) is 1.17. The first-order valence-corrected chi connectivity index (χ1v) is 13.2. The zero-order valence-corrected chi connectivity index (χ0v) is 23.9. The largest absolute Gasteiger partial charge is 0.383 e. The Morgan fingerprint density at radius 3 is 2.38 bits per heavy atom. The number of carbonyl (C=O) groups excluding carboxylic acids is 3. The second-order valence-electron chi connectivity index (χ2n) is 10.4. The number of nitrogens with two attached hydrogens (primary N) is 2. The number of likely N-dealkylation sites (N-methyl/N-ethyl adjacent to an activating group) is 2. The van der Waals surface area contributed by atoms with E-state index in [1.807, 2.05) is 75.4 Å². The molecule has 10 nitrogen and oxygen atoms in total. The third-order valence-corrected chi connectivity index (χ3v) is 6.79. The van der Waals surface area contributed by atoms with Gasteiger partial charge in [0.05, 0.1) is 24.7 Å². The van der Waals surface area contributed by atoms with Gasteiger partial charge in [0, 0.05) is 17.8 Å². The molecule has 10 heteroatoms. The number of hydrogen-bond donors (Lipinski definition) is 4. The molecule has 1 atom stereocenters. The number of urea groups is 1. The van der Waals surface area contributed by atoms with Crippen LogP contribution in [0.2, 0.25) is 0 Å². The Bertz CT molecular complexity index is 1300. The van der Waals surface area contributed by atoms with Crippen molar-refractivity contribution in [3.05, 3.63) is 89.6 Å². The van der Waals surface area contributed by atoms with Crippen LogP contribution in [0.1, 0.15) is 42.7 Å². The van der Waals surface area contributed by atoms with Crippen LogP contribution in [0.5, 0.6) is 0 Å². The quantitative estimate of drug-likeness (QED) is 0.206. The molecule has 0 saturated carbocycles. The van der Waals surface area contributed by atoms with Gasteiger partial charge < -0.3 is 31.5 Å². The summed E-state index contributed by atoms with van der Waals surface area (Å²) in [5.74, 6) is -0.787. The van der Waals surface area contributed by atoms with Crippen LogP contribution < -0.4 is 21.7 Å². The van der Waals surface area contributed by atoms with Gasteiger partial charge in [0.25, 0.3) is 5.91 Å². The summed E-state index contributed by atoms with van der Waals surface area (Å²) in [5.41, 5.74) is 9.11. The van der Waals surface area contributed by atoms with E-state index < -0.39 is 11.4 Å². The average Bonchev–Trinajstić information content (AvgIpc) is 3.19. The molecule has 0 radical (unpaired) electrons. The standard InChI is InChI=1S/C30H39N7O3/c1-7-25(38)33-22-16-14-21(15-17-22)28(39)35-27(31)23-18-37(30(3,4)26(23)32-8-2)29(40)34-24(19-36(5)6)20-12-10-9-11-13-20/h7,9-17,24,32H,1,8,18-19H2,2-6H3,(H,33,38)(H,34,40)(H2,31,35,39)/p+1/t24-/m1/s1. The van der Waals surface area contributed by atoms with E-state index in [0.29, 0.717) is 23.4 Å². The monoisotopic (exact) mass is 546 g/mol. The fraction of sp³-hybridized carbons (Fsp3) is 0.333.